The number of para-hydroxylation sites is 2. The van der Waals surface area contributed by atoms with Crippen molar-refractivity contribution in [3.8, 4) is 11.5 Å². The summed E-state index contributed by atoms with van der Waals surface area (Å²) in [6.45, 7) is 9.54. The lowest BCUT2D eigenvalue weighted by atomic mass is 10.2. The molecule has 0 aliphatic carbocycles. The molecule has 1 aromatic rings. The van der Waals surface area contributed by atoms with Crippen LogP contribution in [0.1, 0.15) is 20.8 Å². The molecule has 1 N–H and O–H groups in total. The number of carbonyl (C=O) groups is 2. The number of carbonyl (C=O) groups excluding carboxylic acids is 2. The van der Waals surface area contributed by atoms with Crippen LogP contribution in [0.4, 0.5) is 4.79 Å². The van der Waals surface area contributed by atoms with Crippen molar-refractivity contribution in [3.05, 3.63) is 24.3 Å². The third kappa shape index (κ3) is 7.26. The van der Waals surface area contributed by atoms with Crippen molar-refractivity contribution < 1.29 is 23.8 Å². The predicted molar refractivity (Wildman–Crippen MR) is 106 cm³/mol. The Morgan fingerprint density at radius 3 is 2.32 bits per heavy atom. The quantitative estimate of drug-likeness (QED) is 0.760. The summed E-state index contributed by atoms with van der Waals surface area (Å²) in [5, 5.41) is 2.85. The molecule has 0 unspecified atom stereocenters. The molecule has 0 spiro atoms. The summed E-state index contributed by atoms with van der Waals surface area (Å²) in [7, 11) is 1.56. The lowest BCUT2D eigenvalue weighted by molar-refractivity contribution is -0.123. The zero-order valence-electron chi connectivity index (χ0n) is 17.2. The number of hydrogen-bond acceptors (Lipinski definition) is 6. The van der Waals surface area contributed by atoms with Gasteiger partial charge in [0.25, 0.3) is 5.91 Å². The largest absolute Gasteiger partial charge is 0.493 e. The fourth-order valence-corrected chi connectivity index (χ4v) is 2.77. The Morgan fingerprint density at radius 1 is 1.07 bits per heavy atom. The van der Waals surface area contributed by atoms with E-state index in [0.717, 1.165) is 19.6 Å². The van der Waals surface area contributed by atoms with E-state index in [1.807, 2.05) is 32.9 Å². The van der Waals surface area contributed by atoms with Gasteiger partial charge in [-0.1, -0.05) is 12.1 Å². The molecule has 28 heavy (non-hydrogen) atoms. The van der Waals surface area contributed by atoms with Gasteiger partial charge in [-0.05, 0) is 32.9 Å². The van der Waals surface area contributed by atoms with Crippen molar-refractivity contribution in [3.63, 3.8) is 0 Å². The summed E-state index contributed by atoms with van der Waals surface area (Å²) in [6.07, 6.45) is -0.269. The van der Waals surface area contributed by atoms with Gasteiger partial charge in [-0.3, -0.25) is 9.69 Å². The third-order valence-corrected chi connectivity index (χ3v) is 4.20. The fourth-order valence-electron chi connectivity index (χ4n) is 2.77. The molecular weight excluding hydrogens is 362 g/mol. The van der Waals surface area contributed by atoms with Gasteiger partial charge in [0.05, 0.1) is 7.11 Å². The number of rotatable bonds is 7. The molecule has 0 atom stereocenters. The standard InChI is InChI=1S/C20H31N3O5/c1-20(2,3)28-19(25)23-13-11-22(12-14-23)10-9-21-18(24)15-27-17-8-6-5-7-16(17)26-4/h5-8H,9-15H2,1-4H3,(H,21,24). The topological polar surface area (TPSA) is 80.3 Å². The van der Waals surface area contributed by atoms with E-state index in [4.69, 9.17) is 14.2 Å². The second-order valence-electron chi connectivity index (χ2n) is 7.60. The molecule has 1 saturated heterocycles. The molecule has 0 bridgehead atoms. The van der Waals surface area contributed by atoms with Crippen molar-refractivity contribution in [2.24, 2.45) is 0 Å². The summed E-state index contributed by atoms with van der Waals surface area (Å²) in [6, 6.07) is 7.21. The van der Waals surface area contributed by atoms with Crippen LogP contribution < -0.4 is 14.8 Å². The van der Waals surface area contributed by atoms with Crippen molar-refractivity contribution in [2.75, 3.05) is 53.0 Å². The van der Waals surface area contributed by atoms with Crippen LogP contribution in [0.2, 0.25) is 0 Å². The smallest absolute Gasteiger partial charge is 0.410 e. The first kappa shape index (κ1) is 21.8. The first-order valence-corrected chi connectivity index (χ1v) is 9.51. The highest BCUT2D eigenvalue weighted by Gasteiger charge is 2.25. The van der Waals surface area contributed by atoms with Crippen LogP contribution in [-0.2, 0) is 9.53 Å². The van der Waals surface area contributed by atoms with Crippen LogP contribution >= 0.6 is 0 Å². The third-order valence-electron chi connectivity index (χ3n) is 4.20. The fraction of sp³-hybridized carbons (Fsp3) is 0.600. The van der Waals surface area contributed by atoms with Gasteiger partial charge in [-0.15, -0.1) is 0 Å². The normalized spacial score (nSPS) is 15.1. The first-order chi connectivity index (χ1) is 13.3. The SMILES string of the molecule is COc1ccccc1OCC(=O)NCCN1CCN(C(=O)OC(C)(C)C)CC1. The Kier molecular flexibility index (Phi) is 7.92. The Balaban J connectivity index is 1.62. The maximum atomic E-state index is 12.1. The minimum absolute atomic E-state index is 0.0627. The number of hydrogen-bond donors (Lipinski definition) is 1. The number of benzene rings is 1. The molecule has 1 aliphatic rings. The molecule has 0 saturated carbocycles. The lowest BCUT2D eigenvalue weighted by Crippen LogP contribution is -2.51. The molecule has 2 amide bonds. The van der Waals surface area contributed by atoms with Crippen LogP contribution in [-0.4, -0.2) is 80.4 Å². The van der Waals surface area contributed by atoms with Crippen molar-refractivity contribution in [2.45, 2.75) is 26.4 Å². The van der Waals surface area contributed by atoms with Crippen LogP contribution in [0.25, 0.3) is 0 Å². The van der Waals surface area contributed by atoms with E-state index in [-0.39, 0.29) is 18.6 Å². The maximum Gasteiger partial charge on any atom is 0.410 e. The average Bonchev–Trinajstić information content (AvgIpc) is 2.65. The Bertz CT molecular complexity index is 651. The molecule has 2 rings (SSSR count). The molecule has 0 radical (unpaired) electrons. The molecule has 1 aliphatic heterocycles. The Labute approximate surface area is 166 Å². The number of nitrogens with zero attached hydrogens (tertiary/aromatic N) is 2. The highest BCUT2D eigenvalue weighted by atomic mass is 16.6. The second-order valence-corrected chi connectivity index (χ2v) is 7.60. The second kappa shape index (κ2) is 10.2. The summed E-state index contributed by atoms with van der Waals surface area (Å²) in [5.41, 5.74) is -0.482. The molecule has 8 nitrogen and oxygen atoms in total. The van der Waals surface area contributed by atoms with Crippen molar-refractivity contribution in [1.82, 2.24) is 15.1 Å². The summed E-state index contributed by atoms with van der Waals surface area (Å²) in [4.78, 5) is 28.0. The Morgan fingerprint density at radius 2 is 1.71 bits per heavy atom. The minimum Gasteiger partial charge on any atom is -0.493 e. The summed E-state index contributed by atoms with van der Waals surface area (Å²) < 4.78 is 16.1. The van der Waals surface area contributed by atoms with E-state index in [0.29, 0.717) is 31.1 Å². The highest BCUT2D eigenvalue weighted by molar-refractivity contribution is 5.77. The van der Waals surface area contributed by atoms with Gasteiger partial charge in [0.2, 0.25) is 0 Å². The van der Waals surface area contributed by atoms with Crippen LogP contribution in [0.3, 0.4) is 0 Å². The number of piperazine rings is 1. The number of amides is 2. The number of ether oxygens (including phenoxy) is 3. The van der Waals surface area contributed by atoms with Gasteiger partial charge in [0, 0.05) is 39.3 Å². The first-order valence-electron chi connectivity index (χ1n) is 9.51. The summed E-state index contributed by atoms with van der Waals surface area (Å²) in [5.74, 6) is 0.954. The number of nitrogens with one attached hydrogen (secondary N) is 1. The zero-order chi connectivity index (χ0) is 20.6. The lowest BCUT2D eigenvalue weighted by Gasteiger charge is -2.35. The molecule has 1 aromatic carbocycles. The van der Waals surface area contributed by atoms with Crippen LogP contribution in [0.5, 0.6) is 11.5 Å². The van der Waals surface area contributed by atoms with Crippen LogP contribution in [0, 0.1) is 0 Å². The molecule has 8 heteroatoms. The van der Waals surface area contributed by atoms with Gasteiger partial charge >= 0.3 is 6.09 Å². The molecule has 156 valence electrons. The summed E-state index contributed by atoms with van der Waals surface area (Å²) >= 11 is 0. The zero-order valence-corrected chi connectivity index (χ0v) is 17.2. The van der Waals surface area contributed by atoms with Gasteiger partial charge in [0.1, 0.15) is 5.60 Å². The highest BCUT2D eigenvalue weighted by Crippen LogP contribution is 2.25. The van der Waals surface area contributed by atoms with Gasteiger partial charge in [-0.25, -0.2) is 4.79 Å². The molecule has 1 fully saturated rings. The monoisotopic (exact) mass is 393 g/mol. The van der Waals surface area contributed by atoms with Gasteiger partial charge in [0.15, 0.2) is 18.1 Å². The van der Waals surface area contributed by atoms with Crippen LogP contribution in [0.15, 0.2) is 24.3 Å². The van der Waals surface area contributed by atoms with E-state index in [1.54, 1.807) is 24.1 Å². The Hall–Kier alpha value is -2.48. The van der Waals surface area contributed by atoms with E-state index < -0.39 is 5.60 Å². The molecule has 1 heterocycles. The van der Waals surface area contributed by atoms with E-state index in [1.165, 1.54) is 0 Å². The van der Waals surface area contributed by atoms with Crippen molar-refractivity contribution >= 4 is 12.0 Å². The minimum atomic E-state index is -0.482. The maximum absolute atomic E-state index is 12.1. The predicted octanol–water partition coefficient (Wildman–Crippen LogP) is 1.74. The number of methoxy groups -OCH3 is 1. The van der Waals surface area contributed by atoms with Gasteiger partial charge in [-0.2, -0.15) is 0 Å². The average molecular weight is 393 g/mol. The van der Waals surface area contributed by atoms with Gasteiger partial charge < -0.3 is 24.4 Å². The molecular formula is C20H31N3O5. The molecule has 0 aromatic heterocycles. The van der Waals surface area contributed by atoms with E-state index >= 15 is 0 Å². The van der Waals surface area contributed by atoms with E-state index in [2.05, 4.69) is 10.2 Å². The van der Waals surface area contributed by atoms with Crippen molar-refractivity contribution in [1.29, 1.82) is 0 Å². The van der Waals surface area contributed by atoms with E-state index in [9.17, 15) is 9.59 Å².